The van der Waals surface area contributed by atoms with Gasteiger partial charge in [0.1, 0.15) is 13.2 Å². The van der Waals surface area contributed by atoms with E-state index in [-0.39, 0.29) is 5.91 Å². The van der Waals surface area contributed by atoms with Crippen molar-refractivity contribution in [1.82, 2.24) is 0 Å². The third kappa shape index (κ3) is 3.48. The van der Waals surface area contributed by atoms with Crippen molar-refractivity contribution in [2.45, 2.75) is 6.92 Å². The second-order valence-electron chi connectivity index (χ2n) is 5.11. The average Bonchev–Trinajstić information content (AvgIpc) is 2.61. The number of carbonyl (C=O) groups is 2. The summed E-state index contributed by atoms with van der Waals surface area (Å²) >= 11 is 0. The minimum atomic E-state index is -0.423. The molecule has 0 atom stereocenters. The van der Waals surface area contributed by atoms with Gasteiger partial charge < -0.3 is 19.5 Å². The molecular weight excluding hydrogens is 310 g/mol. The third-order valence-corrected chi connectivity index (χ3v) is 3.44. The largest absolute Gasteiger partial charge is 0.486 e. The van der Waals surface area contributed by atoms with Gasteiger partial charge in [0.25, 0.3) is 5.91 Å². The number of rotatable bonds is 4. The molecule has 0 aliphatic carbocycles. The standard InChI is InChI=1S/C18H17NO5/c1-2-22-18(21)13-4-3-5-14(10-13)19-17(20)12-6-7-15-16(11-12)24-9-8-23-15/h3-7,10-11H,2,8-9H2,1H3,(H,19,20). The Balaban J connectivity index is 1.75. The zero-order valence-electron chi connectivity index (χ0n) is 13.2. The van der Waals surface area contributed by atoms with Crippen LogP contribution in [0.25, 0.3) is 0 Å². The van der Waals surface area contributed by atoms with Crippen molar-refractivity contribution in [2.75, 3.05) is 25.1 Å². The minimum Gasteiger partial charge on any atom is -0.486 e. The van der Waals surface area contributed by atoms with Crippen molar-refractivity contribution in [3.05, 3.63) is 53.6 Å². The van der Waals surface area contributed by atoms with E-state index in [2.05, 4.69) is 5.32 Å². The first-order valence-electron chi connectivity index (χ1n) is 7.65. The van der Waals surface area contributed by atoms with Crippen LogP contribution in [0.4, 0.5) is 5.69 Å². The van der Waals surface area contributed by atoms with Crippen molar-refractivity contribution < 1.29 is 23.8 Å². The van der Waals surface area contributed by atoms with Crippen molar-refractivity contribution in [2.24, 2.45) is 0 Å². The van der Waals surface area contributed by atoms with Gasteiger partial charge in [-0.15, -0.1) is 0 Å². The Morgan fingerprint density at radius 2 is 1.83 bits per heavy atom. The summed E-state index contributed by atoms with van der Waals surface area (Å²) < 4.78 is 15.9. The fourth-order valence-corrected chi connectivity index (χ4v) is 2.33. The Bertz CT molecular complexity index is 772. The summed E-state index contributed by atoms with van der Waals surface area (Å²) in [5.41, 5.74) is 1.35. The lowest BCUT2D eigenvalue weighted by atomic mass is 10.1. The van der Waals surface area contributed by atoms with Crippen LogP contribution in [0.3, 0.4) is 0 Å². The van der Waals surface area contributed by atoms with Crippen LogP contribution in [0.1, 0.15) is 27.6 Å². The van der Waals surface area contributed by atoms with Crippen LogP contribution >= 0.6 is 0 Å². The van der Waals surface area contributed by atoms with Crippen LogP contribution in [0.5, 0.6) is 11.5 Å². The van der Waals surface area contributed by atoms with E-state index in [0.717, 1.165) is 0 Å². The number of carbonyl (C=O) groups excluding carboxylic acids is 2. The molecule has 0 aromatic heterocycles. The Hall–Kier alpha value is -3.02. The number of esters is 1. The summed E-state index contributed by atoms with van der Waals surface area (Å²) in [6.45, 7) is 3.00. The summed E-state index contributed by atoms with van der Waals surface area (Å²) in [5.74, 6) is 0.456. The molecule has 0 fully saturated rings. The molecule has 2 aromatic rings. The monoisotopic (exact) mass is 327 g/mol. The first-order chi connectivity index (χ1) is 11.7. The number of benzene rings is 2. The molecule has 3 rings (SSSR count). The van der Waals surface area contributed by atoms with Crippen LogP contribution in [-0.4, -0.2) is 31.7 Å². The molecule has 0 saturated heterocycles. The van der Waals surface area contributed by atoms with Gasteiger partial charge in [0.2, 0.25) is 0 Å². The highest BCUT2D eigenvalue weighted by Crippen LogP contribution is 2.31. The van der Waals surface area contributed by atoms with E-state index in [1.807, 2.05) is 0 Å². The molecule has 24 heavy (non-hydrogen) atoms. The number of ether oxygens (including phenoxy) is 3. The molecule has 0 saturated carbocycles. The van der Waals surface area contributed by atoms with Crippen molar-refractivity contribution in [3.8, 4) is 11.5 Å². The number of fused-ring (bicyclic) bond motifs is 1. The lowest BCUT2D eigenvalue weighted by molar-refractivity contribution is 0.0526. The molecule has 6 nitrogen and oxygen atoms in total. The van der Waals surface area contributed by atoms with Gasteiger partial charge in [-0.3, -0.25) is 4.79 Å². The fraction of sp³-hybridized carbons (Fsp3) is 0.222. The molecule has 2 aromatic carbocycles. The smallest absolute Gasteiger partial charge is 0.338 e. The molecule has 0 radical (unpaired) electrons. The predicted molar refractivity (Wildman–Crippen MR) is 87.8 cm³/mol. The Morgan fingerprint density at radius 3 is 2.62 bits per heavy atom. The first kappa shape index (κ1) is 15.9. The van der Waals surface area contributed by atoms with Crippen LogP contribution in [0, 0.1) is 0 Å². The molecule has 124 valence electrons. The maximum Gasteiger partial charge on any atom is 0.338 e. The first-order valence-corrected chi connectivity index (χ1v) is 7.65. The van der Waals surface area contributed by atoms with Gasteiger partial charge in [-0.2, -0.15) is 0 Å². The van der Waals surface area contributed by atoms with Gasteiger partial charge in [-0.25, -0.2) is 4.79 Å². The highest BCUT2D eigenvalue weighted by Gasteiger charge is 2.15. The summed E-state index contributed by atoms with van der Waals surface area (Å²) in [6.07, 6.45) is 0. The molecule has 1 heterocycles. The van der Waals surface area contributed by atoms with Gasteiger partial charge in [0.15, 0.2) is 11.5 Å². The molecule has 0 spiro atoms. The Kier molecular flexibility index (Phi) is 4.65. The van der Waals surface area contributed by atoms with E-state index in [0.29, 0.717) is 48.1 Å². The SMILES string of the molecule is CCOC(=O)c1cccc(NC(=O)c2ccc3c(c2)OCCO3)c1. The minimum absolute atomic E-state index is 0.298. The van der Waals surface area contributed by atoms with E-state index in [1.54, 1.807) is 49.4 Å². The van der Waals surface area contributed by atoms with Gasteiger partial charge in [0.05, 0.1) is 12.2 Å². The van der Waals surface area contributed by atoms with Crippen molar-refractivity contribution in [1.29, 1.82) is 0 Å². The molecule has 6 heteroatoms. The molecule has 1 N–H and O–H groups in total. The second kappa shape index (κ2) is 7.04. The zero-order chi connectivity index (χ0) is 16.9. The Labute approximate surface area is 139 Å². The fourth-order valence-electron chi connectivity index (χ4n) is 2.33. The number of hydrogen-bond donors (Lipinski definition) is 1. The quantitative estimate of drug-likeness (QED) is 0.874. The van der Waals surface area contributed by atoms with Crippen LogP contribution < -0.4 is 14.8 Å². The van der Waals surface area contributed by atoms with E-state index in [1.165, 1.54) is 0 Å². The van der Waals surface area contributed by atoms with Crippen LogP contribution in [0.15, 0.2) is 42.5 Å². The summed E-state index contributed by atoms with van der Waals surface area (Å²) in [7, 11) is 0. The van der Waals surface area contributed by atoms with Gasteiger partial charge in [0, 0.05) is 11.3 Å². The van der Waals surface area contributed by atoms with Gasteiger partial charge >= 0.3 is 5.97 Å². The third-order valence-electron chi connectivity index (χ3n) is 3.44. The van der Waals surface area contributed by atoms with Crippen molar-refractivity contribution in [3.63, 3.8) is 0 Å². The van der Waals surface area contributed by atoms with E-state index in [4.69, 9.17) is 14.2 Å². The van der Waals surface area contributed by atoms with E-state index >= 15 is 0 Å². The number of anilines is 1. The lowest BCUT2D eigenvalue weighted by Gasteiger charge is -2.18. The highest BCUT2D eigenvalue weighted by atomic mass is 16.6. The molecular formula is C18H17NO5. The molecule has 1 amide bonds. The summed E-state index contributed by atoms with van der Waals surface area (Å²) in [5, 5.41) is 2.76. The maximum absolute atomic E-state index is 12.4. The van der Waals surface area contributed by atoms with Crippen LogP contribution in [0.2, 0.25) is 0 Å². The van der Waals surface area contributed by atoms with E-state index < -0.39 is 5.97 Å². The van der Waals surface area contributed by atoms with Crippen LogP contribution in [-0.2, 0) is 4.74 Å². The number of hydrogen-bond acceptors (Lipinski definition) is 5. The average molecular weight is 327 g/mol. The number of nitrogens with one attached hydrogen (secondary N) is 1. The van der Waals surface area contributed by atoms with Gasteiger partial charge in [-0.1, -0.05) is 6.07 Å². The maximum atomic E-state index is 12.4. The second-order valence-corrected chi connectivity index (χ2v) is 5.11. The highest BCUT2D eigenvalue weighted by molar-refractivity contribution is 6.05. The van der Waals surface area contributed by atoms with Gasteiger partial charge in [-0.05, 0) is 43.3 Å². The van der Waals surface area contributed by atoms with Crippen molar-refractivity contribution >= 4 is 17.6 Å². The molecule has 1 aliphatic heterocycles. The molecule has 0 unspecified atom stereocenters. The summed E-state index contributed by atoms with van der Waals surface area (Å²) in [4.78, 5) is 24.1. The normalized spacial score (nSPS) is 12.4. The number of amides is 1. The predicted octanol–water partition coefficient (Wildman–Crippen LogP) is 2.89. The lowest BCUT2D eigenvalue weighted by Crippen LogP contribution is -2.17. The summed E-state index contributed by atoms with van der Waals surface area (Å²) in [6, 6.07) is 11.6. The molecule has 0 bridgehead atoms. The van der Waals surface area contributed by atoms with E-state index in [9.17, 15) is 9.59 Å². The topological polar surface area (TPSA) is 73.9 Å². The Morgan fingerprint density at radius 1 is 1.04 bits per heavy atom. The zero-order valence-corrected chi connectivity index (χ0v) is 13.2. The molecule has 1 aliphatic rings.